The molecule has 0 saturated carbocycles. The number of carbonyl (C=O) groups is 1. The number of benzene rings is 1. The Labute approximate surface area is 121 Å². The van der Waals surface area contributed by atoms with E-state index < -0.39 is 17.7 Å². The van der Waals surface area contributed by atoms with E-state index in [0.717, 1.165) is 24.1 Å². The SMILES string of the molecule is COC(=O)c1cc(C(F)(F)F)cc2c1CCC=C2C(C)C. The molecule has 21 heavy (non-hydrogen) atoms. The molecule has 1 aromatic rings. The van der Waals surface area contributed by atoms with E-state index in [1.54, 1.807) is 0 Å². The van der Waals surface area contributed by atoms with Gasteiger partial charge >= 0.3 is 12.1 Å². The lowest BCUT2D eigenvalue weighted by molar-refractivity contribution is -0.137. The Bertz CT molecular complexity index is 598. The first-order valence-corrected chi connectivity index (χ1v) is 6.78. The Kier molecular flexibility index (Phi) is 4.12. The Morgan fingerprint density at radius 1 is 1.29 bits per heavy atom. The maximum atomic E-state index is 13.1. The molecule has 5 heteroatoms. The van der Waals surface area contributed by atoms with Crippen LogP contribution in [0.2, 0.25) is 0 Å². The van der Waals surface area contributed by atoms with Crippen LogP contribution >= 0.6 is 0 Å². The summed E-state index contributed by atoms with van der Waals surface area (Å²) in [5, 5.41) is 0. The fourth-order valence-electron chi connectivity index (χ4n) is 2.68. The van der Waals surface area contributed by atoms with Crippen molar-refractivity contribution in [2.24, 2.45) is 5.92 Å². The number of halogens is 3. The van der Waals surface area contributed by atoms with Crippen LogP contribution in [0.4, 0.5) is 13.2 Å². The number of hydrogen-bond donors (Lipinski definition) is 0. The smallest absolute Gasteiger partial charge is 0.416 e. The van der Waals surface area contributed by atoms with Crippen molar-refractivity contribution < 1.29 is 22.7 Å². The Hall–Kier alpha value is -1.78. The van der Waals surface area contributed by atoms with Gasteiger partial charge in [0.15, 0.2) is 0 Å². The summed E-state index contributed by atoms with van der Waals surface area (Å²) in [6, 6.07) is 2.04. The molecular weight excluding hydrogens is 281 g/mol. The fraction of sp³-hybridized carbons (Fsp3) is 0.438. The number of methoxy groups -OCH3 is 1. The molecule has 0 fully saturated rings. The van der Waals surface area contributed by atoms with Gasteiger partial charge in [-0.25, -0.2) is 4.79 Å². The van der Waals surface area contributed by atoms with E-state index in [2.05, 4.69) is 4.74 Å². The first kappa shape index (κ1) is 15.6. The quantitative estimate of drug-likeness (QED) is 0.753. The maximum Gasteiger partial charge on any atom is 0.416 e. The molecule has 0 spiro atoms. The Morgan fingerprint density at radius 2 is 1.95 bits per heavy atom. The topological polar surface area (TPSA) is 26.3 Å². The zero-order valence-corrected chi connectivity index (χ0v) is 12.2. The maximum absolute atomic E-state index is 13.1. The summed E-state index contributed by atoms with van der Waals surface area (Å²) in [6.45, 7) is 3.86. The molecule has 0 heterocycles. The second-order valence-corrected chi connectivity index (χ2v) is 5.39. The predicted molar refractivity (Wildman–Crippen MR) is 73.9 cm³/mol. The molecule has 0 unspecified atom stereocenters. The molecule has 0 aromatic heterocycles. The van der Waals surface area contributed by atoms with Crippen molar-refractivity contribution in [3.8, 4) is 0 Å². The van der Waals surface area contributed by atoms with Crippen molar-refractivity contribution in [3.05, 3.63) is 40.5 Å². The molecule has 0 atom stereocenters. The average molecular weight is 298 g/mol. The molecule has 0 amide bonds. The molecule has 0 saturated heterocycles. The molecule has 0 aliphatic heterocycles. The molecule has 114 valence electrons. The van der Waals surface area contributed by atoms with E-state index in [9.17, 15) is 18.0 Å². The van der Waals surface area contributed by atoms with Crippen LogP contribution in [0.5, 0.6) is 0 Å². The van der Waals surface area contributed by atoms with Crippen LogP contribution in [0.1, 0.15) is 47.3 Å². The second-order valence-electron chi connectivity index (χ2n) is 5.39. The van der Waals surface area contributed by atoms with Gasteiger partial charge in [-0.2, -0.15) is 13.2 Å². The first-order valence-electron chi connectivity index (χ1n) is 6.78. The zero-order valence-electron chi connectivity index (χ0n) is 12.2. The molecule has 0 bridgehead atoms. The minimum absolute atomic E-state index is 0.0218. The van der Waals surface area contributed by atoms with Gasteiger partial charge in [-0.1, -0.05) is 19.9 Å². The van der Waals surface area contributed by atoms with Gasteiger partial charge in [0.05, 0.1) is 18.2 Å². The highest BCUT2D eigenvalue weighted by molar-refractivity contribution is 5.93. The molecular formula is C16H17F3O2. The van der Waals surface area contributed by atoms with Crippen LogP contribution < -0.4 is 0 Å². The summed E-state index contributed by atoms with van der Waals surface area (Å²) in [5.74, 6) is -0.625. The van der Waals surface area contributed by atoms with Crippen molar-refractivity contribution >= 4 is 11.5 Å². The van der Waals surface area contributed by atoms with Crippen LogP contribution in [0.3, 0.4) is 0 Å². The highest BCUT2D eigenvalue weighted by Gasteiger charge is 2.34. The number of rotatable bonds is 2. The standard InChI is InChI=1S/C16H17F3O2/c1-9(2)11-5-4-6-12-13(11)7-10(16(17,18)19)8-14(12)15(20)21-3/h5,7-9H,4,6H2,1-3H3. The van der Waals surface area contributed by atoms with Gasteiger partial charge in [-0.15, -0.1) is 0 Å². The first-order chi connectivity index (χ1) is 9.75. The number of hydrogen-bond acceptors (Lipinski definition) is 2. The highest BCUT2D eigenvalue weighted by Crippen LogP contribution is 2.39. The third-order valence-corrected chi connectivity index (χ3v) is 3.67. The van der Waals surface area contributed by atoms with Gasteiger partial charge in [0, 0.05) is 0 Å². The van der Waals surface area contributed by atoms with Gasteiger partial charge in [0.1, 0.15) is 0 Å². The van der Waals surface area contributed by atoms with Crippen LogP contribution in [-0.2, 0) is 17.3 Å². The average Bonchev–Trinajstić information content (AvgIpc) is 2.43. The number of allylic oxidation sites excluding steroid dienone is 2. The lowest BCUT2D eigenvalue weighted by Gasteiger charge is -2.24. The van der Waals surface area contributed by atoms with Gasteiger partial charge in [0.2, 0.25) is 0 Å². The van der Waals surface area contributed by atoms with Crippen molar-refractivity contribution in [2.45, 2.75) is 32.9 Å². The van der Waals surface area contributed by atoms with Crippen LogP contribution in [-0.4, -0.2) is 13.1 Å². The van der Waals surface area contributed by atoms with Crippen molar-refractivity contribution in [1.29, 1.82) is 0 Å². The summed E-state index contributed by atoms with van der Waals surface area (Å²) in [4.78, 5) is 11.8. The van der Waals surface area contributed by atoms with Gasteiger partial charge in [-0.3, -0.25) is 0 Å². The van der Waals surface area contributed by atoms with Gasteiger partial charge in [-0.05, 0) is 47.6 Å². The zero-order chi connectivity index (χ0) is 15.8. The number of alkyl halides is 3. The number of esters is 1. The lowest BCUT2D eigenvalue weighted by Crippen LogP contribution is -2.16. The second kappa shape index (κ2) is 5.54. The van der Waals surface area contributed by atoms with Crippen molar-refractivity contribution in [2.75, 3.05) is 7.11 Å². The monoisotopic (exact) mass is 298 g/mol. The Morgan fingerprint density at radius 3 is 2.48 bits per heavy atom. The molecule has 0 radical (unpaired) electrons. The van der Waals surface area contributed by atoms with Crippen LogP contribution in [0.25, 0.3) is 5.57 Å². The van der Waals surface area contributed by atoms with E-state index in [-0.39, 0.29) is 11.5 Å². The largest absolute Gasteiger partial charge is 0.465 e. The minimum Gasteiger partial charge on any atom is -0.465 e. The van der Waals surface area contributed by atoms with E-state index in [1.807, 2.05) is 19.9 Å². The van der Waals surface area contributed by atoms with E-state index in [1.165, 1.54) is 7.11 Å². The summed E-state index contributed by atoms with van der Waals surface area (Å²) in [5.41, 5.74) is 1.24. The Balaban J connectivity index is 2.71. The lowest BCUT2D eigenvalue weighted by atomic mass is 9.82. The third-order valence-electron chi connectivity index (χ3n) is 3.67. The molecule has 2 nitrogen and oxygen atoms in total. The summed E-state index contributed by atoms with van der Waals surface area (Å²) in [7, 11) is 1.18. The minimum atomic E-state index is -4.49. The highest BCUT2D eigenvalue weighted by atomic mass is 19.4. The van der Waals surface area contributed by atoms with E-state index >= 15 is 0 Å². The molecule has 2 rings (SSSR count). The van der Waals surface area contributed by atoms with Gasteiger partial charge in [0.25, 0.3) is 0 Å². The fourth-order valence-corrected chi connectivity index (χ4v) is 2.68. The number of ether oxygens (including phenoxy) is 1. The van der Waals surface area contributed by atoms with Crippen molar-refractivity contribution in [3.63, 3.8) is 0 Å². The third kappa shape index (κ3) is 2.96. The summed E-state index contributed by atoms with van der Waals surface area (Å²) in [6.07, 6.45) is -1.27. The number of carbonyl (C=O) groups excluding carboxylic acids is 1. The molecule has 1 aliphatic rings. The van der Waals surface area contributed by atoms with Gasteiger partial charge < -0.3 is 4.74 Å². The number of fused-ring (bicyclic) bond motifs is 1. The van der Waals surface area contributed by atoms with E-state index in [0.29, 0.717) is 17.5 Å². The van der Waals surface area contributed by atoms with E-state index in [4.69, 9.17) is 0 Å². The normalized spacial score (nSPS) is 14.7. The van der Waals surface area contributed by atoms with Crippen LogP contribution in [0.15, 0.2) is 18.2 Å². The molecule has 1 aliphatic carbocycles. The molecule has 0 N–H and O–H groups in total. The summed E-state index contributed by atoms with van der Waals surface area (Å²) >= 11 is 0. The molecule has 1 aromatic carbocycles. The van der Waals surface area contributed by atoms with Crippen molar-refractivity contribution in [1.82, 2.24) is 0 Å². The van der Waals surface area contributed by atoms with Crippen LogP contribution in [0, 0.1) is 5.92 Å². The summed E-state index contributed by atoms with van der Waals surface area (Å²) < 4.78 is 43.8. The predicted octanol–water partition coefficient (Wildman–Crippen LogP) is 4.48.